The van der Waals surface area contributed by atoms with Gasteiger partial charge in [-0.1, -0.05) is 11.6 Å². The number of hydrogen-bond acceptors (Lipinski definition) is 7. The molecule has 0 radical (unpaired) electrons. The molecule has 4 rings (SSSR count). The molecule has 9 nitrogen and oxygen atoms in total. The van der Waals surface area contributed by atoms with Crippen molar-refractivity contribution < 1.29 is 22.8 Å². The Kier molecular flexibility index (Phi) is 5.99. The number of nitrogens with zero attached hydrogens (tertiary/aromatic N) is 4. The lowest BCUT2D eigenvalue weighted by Crippen LogP contribution is -2.27. The van der Waals surface area contributed by atoms with E-state index in [1.165, 1.54) is 12.5 Å². The van der Waals surface area contributed by atoms with Crippen LogP contribution >= 0.6 is 22.9 Å². The zero-order valence-corrected chi connectivity index (χ0v) is 18.1. The van der Waals surface area contributed by atoms with Crippen LogP contribution in [0, 0.1) is 0 Å². The van der Waals surface area contributed by atoms with Crippen molar-refractivity contribution in [3.8, 4) is 0 Å². The third kappa shape index (κ3) is 4.78. The molecule has 1 atom stereocenters. The molecule has 0 saturated heterocycles. The highest BCUT2D eigenvalue weighted by molar-refractivity contribution is 7.13. The number of amides is 2. The van der Waals surface area contributed by atoms with Gasteiger partial charge in [0, 0.05) is 12.4 Å². The lowest BCUT2D eigenvalue weighted by Gasteiger charge is -2.11. The summed E-state index contributed by atoms with van der Waals surface area (Å²) in [4.78, 5) is 44.0. The van der Waals surface area contributed by atoms with Gasteiger partial charge in [-0.05, 0) is 19.1 Å². The van der Waals surface area contributed by atoms with Gasteiger partial charge in [0.25, 0.3) is 11.8 Å². The smallest absolute Gasteiger partial charge is 0.346 e. The molecule has 0 spiro atoms. The van der Waals surface area contributed by atoms with Crippen LogP contribution in [0.5, 0.6) is 0 Å². The Morgan fingerprint density at radius 3 is 2.70 bits per heavy atom. The second kappa shape index (κ2) is 8.75. The number of anilines is 1. The van der Waals surface area contributed by atoms with Gasteiger partial charge in [0.15, 0.2) is 0 Å². The normalized spacial score (nSPS) is 12.5. The molecular formula is C19H13ClF3N7O2S. The van der Waals surface area contributed by atoms with Gasteiger partial charge in [0.05, 0.1) is 28.2 Å². The lowest BCUT2D eigenvalue weighted by atomic mass is 10.2. The number of alkyl halides is 3. The maximum absolute atomic E-state index is 13.0. The average molecular weight is 496 g/mol. The first-order chi connectivity index (χ1) is 15.6. The molecule has 170 valence electrons. The van der Waals surface area contributed by atoms with Gasteiger partial charge in [0.1, 0.15) is 33.4 Å². The summed E-state index contributed by atoms with van der Waals surface area (Å²) in [6.45, 7) is 1.67. The molecule has 4 aromatic rings. The van der Waals surface area contributed by atoms with Gasteiger partial charge < -0.3 is 15.6 Å². The molecule has 0 fully saturated rings. The molecule has 33 heavy (non-hydrogen) atoms. The number of aromatic amines is 1. The molecule has 2 amide bonds. The van der Waals surface area contributed by atoms with Crippen LogP contribution in [0.25, 0.3) is 11.0 Å². The van der Waals surface area contributed by atoms with Gasteiger partial charge in [-0.2, -0.15) is 13.2 Å². The monoisotopic (exact) mass is 495 g/mol. The number of aromatic nitrogens is 5. The van der Waals surface area contributed by atoms with E-state index in [0.717, 1.165) is 17.5 Å². The second-order valence-corrected chi connectivity index (χ2v) is 8.19. The number of hydrogen-bond donors (Lipinski definition) is 3. The van der Waals surface area contributed by atoms with Gasteiger partial charge in [0.2, 0.25) is 0 Å². The predicted molar refractivity (Wildman–Crippen MR) is 114 cm³/mol. The van der Waals surface area contributed by atoms with E-state index in [1.54, 1.807) is 19.2 Å². The lowest BCUT2D eigenvalue weighted by molar-refractivity contribution is -0.137. The largest absolute Gasteiger partial charge is 0.418 e. The number of halogens is 4. The number of fused-ring (bicyclic) bond motifs is 1. The zero-order valence-electron chi connectivity index (χ0n) is 16.6. The van der Waals surface area contributed by atoms with E-state index in [4.69, 9.17) is 11.6 Å². The Bertz CT molecular complexity index is 1350. The Balaban J connectivity index is 1.46. The van der Waals surface area contributed by atoms with E-state index in [-0.39, 0.29) is 16.4 Å². The molecular weight excluding hydrogens is 483 g/mol. The highest BCUT2D eigenvalue weighted by Crippen LogP contribution is 2.35. The molecule has 4 aromatic heterocycles. The quantitative estimate of drug-likeness (QED) is 0.380. The first kappa shape index (κ1) is 22.6. The van der Waals surface area contributed by atoms with Gasteiger partial charge in [-0.3, -0.25) is 9.59 Å². The minimum absolute atomic E-state index is 0.117. The van der Waals surface area contributed by atoms with E-state index < -0.39 is 34.6 Å². The van der Waals surface area contributed by atoms with E-state index >= 15 is 0 Å². The molecule has 0 aromatic carbocycles. The maximum Gasteiger partial charge on any atom is 0.418 e. The van der Waals surface area contributed by atoms with Crippen molar-refractivity contribution in [3.05, 3.63) is 63.2 Å². The number of thiazole rings is 1. The van der Waals surface area contributed by atoms with Crippen molar-refractivity contribution in [2.45, 2.75) is 19.1 Å². The molecule has 14 heteroatoms. The minimum Gasteiger partial charge on any atom is -0.346 e. The van der Waals surface area contributed by atoms with Crippen LogP contribution in [0.4, 0.5) is 19.0 Å². The van der Waals surface area contributed by atoms with Crippen LogP contribution < -0.4 is 10.6 Å². The van der Waals surface area contributed by atoms with Crippen LogP contribution in [-0.4, -0.2) is 36.7 Å². The maximum atomic E-state index is 13.0. The predicted octanol–water partition coefficient (Wildman–Crippen LogP) is 4.22. The Morgan fingerprint density at radius 2 is 1.94 bits per heavy atom. The number of carbonyl (C=O) groups excluding carboxylic acids is 2. The van der Waals surface area contributed by atoms with Gasteiger partial charge in [-0.25, -0.2) is 19.9 Å². The fourth-order valence-electron chi connectivity index (χ4n) is 2.88. The zero-order chi connectivity index (χ0) is 23.8. The Labute approximate surface area is 192 Å². The third-order valence-corrected chi connectivity index (χ3v) is 5.92. The van der Waals surface area contributed by atoms with Crippen LogP contribution in [-0.2, 0) is 6.18 Å². The summed E-state index contributed by atoms with van der Waals surface area (Å²) in [7, 11) is 0. The standard InChI is InChI=1S/C19H13ClF3N7O2S/c1-8(29-17(32)14-9-2-3-24-15(9)28-7-27-14)18-26-6-12(33-18)16(31)30-13-4-10(19(21,22)23)11(20)5-25-13/h2-8H,1H3,(H,29,32)(H,24,27,28)(H,25,30,31)/t8-/m0/s1. The van der Waals surface area contributed by atoms with Crippen LogP contribution in [0.15, 0.2) is 37.1 Å². The highest BCUT2D eigenvalue weighted by Gasteiger charge is 2.34. The highest BCUT2D eigenvalue weighted by atomic mass is 35.5. The molecule has 0 aliphatic carbocycles. The fourth-order valence-corrected chi connectivity index (χ4v) is 3.90. The summed E-state index contributed by atoms with van der Waals surface area (Å²) in [6.07, 6.45) is 0.274. The van der Waals surface area contributed by atoms with Crippen LogP contribution in [0.3, 0.4) is 0 Å². The average Bonchev–Trinajstić information content (AvgIpc) is 3.43. The minimum atomic E-state index is -4.69. The second-order valence-electron chi connectivity index (χ2n) is 6.72. The number of H-pyrrole nitrogens is 1. The van der Waals surface area contributed by atoms with Crippen molar-refractivity contribution >= 4 is 51.6 Å². The topological polar surface area (TPSA) is 126 Å². The summed E-state index contributed by atoms with van der Waals surface area (Å²) in [5.41, 5.74) is -0.422. The summed E-state index contributed by atoms with van der Waals surface area (Å²) in [6, 6.07) is 1.75. The third-order valence-electron chi connectivity index (χ3n) is 4.44. The van der Waals surface area contributed by atoms with E-state index in [9.17, 15) is 22.8 Å². The summed E-state index contributed by atoms with van der Waals surface area (Å²) in [5, 5.41) is 5.42. The molecule has 0 saturated carbocycles. The number of pyridine rings is 1. The van der Waals surface area contributed by atoms with Crippen molar-refractivity contribution in [1.29, 1.82) is 0 Å². The Hall–Kier alpha value is -3.58. The molecule has 0 bridgehead atoms. The van der Waals surface area contributed by atoms with Gasteiger partial charge in [-0.15, -0.1) is 11.3 Å². The van der Waals surface area contributed by atoms with E-state index in [2.05, 4.69) is 35.6 Å². The van der Waals surface area contributed by atoms with Crippen molar-refractivity contribution in [2.24, 2.45) is 0 Å². The van der Waals surface area contributed by atoms with Crippen LogP contribution in [0.1, 0.15) is 43.7 Å². The molecule has 0 unspecified atom stereocenters. The van der Waals surface area contributed by atoms with Crippen molar-refractivity contribution in [1.82, 2.24) is 30.2 Å². The summed E-state index contributed by atoms with van der Waals surface area (Å²) < 4.78 is 39.0. The summed E-state index contributed by atoms with van der Waals surface area (Å²) in [5.74, 6) is -1.47. The number of rotatable bonds is 5. The first-order valence-corrected chi connectivity index (χ1v) is 10.4. The number of carbonyl (C=O) groups is 2. The summed E-state index contributed by atoms with van der Waals surface area (Å²) >= 11 is 6.51. The van der Waals surface area contributed by atoms with Gasteiger partial charge >= 0.3 is 6.18 Å². The SMILES string of the molecule is C[C@H](NC(=O)c1ncnc2[nH]ccc12)c1ncc(C(=O)Nc2cc(C(F)(F)F)c(Cl)cn2)s1. The molecule has 3 N–H and O–H groups in total. The number of nitrogens with one attached hydrogen (secondary N) is 3. The van der Waals surface area contributed by atoms with E-state index in [1.807, 2.05) is 0 Å². The fraction of sp³-hybridized carbons (Fsp3) is 0.158. The molecule has 0 aliphatic heterocycles. The van der Waals surface area contributed by atoms with Crippen molar-refractivity contribution in [3.63, 3.8) is 0 Å². The molecule has 0 aliphatic rings. The Morgan fingerprint density at radius 1 is 1.15 bits per heavy atom. The van der Waals surface area contributed by atoms with Crippen molar-refractivity contribution in [2.75, 3.05) is 5.32 Å². The van der Waals surface area contributed by atoms with E-state index in [0.29, 0.717) is 22.1 Å². The van der Waals surface area contributed by atoms with Crippen LogP contribution in [0.2, 0.25) is 5.02 Å². The molecule has 4 heterocycles. The first-order valence-electron chi connectivity index (χ1n) is 9.22.